The van der Waals surface area contributed by atoms with E-state index in [0.717, 1.165) is 0 Å². The average Bonchev–Trinajstić information content (AvgIpc) is 2.86. The SMILES string of the molecule is C[C@@]1(CS(=O)(=O)N2CCN(c3ccc(C#N)cn3)CC2)NC(=O)NC1=O. The fourth-order valence-electron chi connectivity index (χ4n) is 2.97. The van der Waals surface area contributed by atoms with Gasteiger partial charge in [-0.1, -0.05) is 0 Å². The third-order valence-corrected chi connectivity index (χ3v) is 6.52. The highest BCUT2D eigenvalue weighted by Gasteiger charge is 2.46. The number of piperazine rings is 1. The van der Waals surface area contributed by atoms with Gasteiger partial charge in [-0.3, -0.25) is 10.1 Å². The number of imide groups is 1. The zero-order chi connectivity index (χ0) is 18.9. The number of carbonyl (C=O) groups is 2. The van der Waals surface area contributed by atoms with Gasteiger partial charge in [0.25, 0.3) is 5.91 Å². The van der Waals surface area contributed by atoms with Crippen LogP contribution in [0.2, 0.25) is 0 Å². The predicted molar refractivity (Wildman–Crippen MR) is 91.6 cm³/mol. The summed E-state index contributed by atoms with van der Waals surface area (Å²) < 4.78 is 26.6. The van der Waals surface area contributed by atoms with Crippen molar-refractivity contribution in [1.82, 2.24) is 19.9 Å². The molecule has 0 bridgehead atoms. The Bertz CT molecular complexity index is 870. The molecule has 138 valence electrons. The Morgan fingerprint density at radius 2 is 1.96 bits per heavy atom. The highest BCUT2D eigenvalue weighted by atomic mass is 32.2. The van der Waals surface area contributed by atoms with Gasteiger partial charge in [0.15, 0.2) is 0 Å². The number of hydrogen-bond acceptors (Lipinski definition) is 7. The van der Waals surface area contributed by atoms with Gasteiger partial charge in [-0.25, -0.2) is 18.2 Å². The summed E-state index contributed by atoms with van der Waals surface area (Å²) in [6.07, 6.45) is 1.47. The van der Waals surface area contributed by atoms with Crippen LogP contribution in [0.3, 0.4) is 0 Å². The number of hydrogen-bond donors (Lipinski definition) is 2. The zero-order valence-electron chi connectivity index (χ0n) is 14.1. The van der Waals surface area contributed by atoms with Gasteiger partial charge in [0, 0.05) is 32.4 Å². The number of nitrogens with zero attached hydrogens (tertiary/aromatic N) is 4. The van der Waals surface area contributed by atoms with Crippen molar-refractivity contribution in [1.29, 1.82) is 5.26 Å². The lowest BCUT2D eigenvalue weighted by atomic mass is 10.1. The molecule has 26 heavy (non-hydrogen) atoms. The molecule has 2 N–H and O–H groups in total. The first-order valence-electron chi connectivity index (χ1n) is 7.96. The largest absolute Gasteiger partial charge is 0.354 e. The Hall–Kier alpha value is -2.71. The van der Waals surface area contributed by atoms with Crippen molar-refractivity contribution >= 4 is 27.8 Å². The summed E-state index contributed by atoms with van der Waals surface area (Å²) in [5, 5.41) is 13.2. The summed E-state index contributed by atoms with van der Waals surface area (Å²) in [7, 11) is -3.73. The van der Waals surface area contributed by atoms with Crippen LogP contribution >= 0.6 is 0 Å². The lowest BCUT2D eigenvalue weighted by molar-refractivity contribution is -0.122. The second kappa shape index (κ2) is 6.54. The number of urea groups is 1. The molecule has 2 aliphatic heterocycles. The smallest absolute Gasteiger partial charge is 0.322 e. The fraction of sp³-hybridized carbons (Fsp3) is 0.467. The third kappa shape index (κ3) is 3.47. The third-order valence-electron chi connectivity index (χ3n) is 4.42. The van der Waals surface area contributed by atoms with Gasteiger partial charge in [-0.2, -0.15) is 9.57 Å². The van der Waals surface area contributed by atoms with Crippen molar-refractivity contribution in [2.24, 2.45) is 0 Å². The van der Waals surface area contributed by atoms with Crippen LogP contribution in [0.5, 0.6) is 0 Å². The molecule has 0 spiro atoms. The average molecular weight is 378 g/mol. The van der Waals surface area contributed by atoms with Gasteiger partial charge in [-0.05, 0) is 19.1 Å². The maximum atomic E-state index is 12.7. The van der Waals surface area contributed by atoms with E-state index in [1.807, 2.05) is 11.0 Å². The lowest BCUT2D eigenvalue weighted by Gasteiger charge is -2.35. The quantitative estimate of drug-likeness (QED) is 0.642. The maximum Gasteiger partial charge on any atom is 0.322 e. The summed E-state index contributed by atoms with van der Waals surface area (Å²) in [4.78, 5) is 29.3. The molecule has 1 aromatic heterocycles. The van der Waals surface area contributed by atoms with Crippen molar-refractivity contribution < 1.29 is 18.0 Å². The van der Waals surface area contributed by atoms with Gasteiger partial charge in [0.2, 0.25) is 10.0 Å². The van der Waals surface area contributed by atoms with Crippen LogP contribution in [0.15, 0.2) is 18.3 Å². The summed E-state index contributed by atoms with van der Waals surface area (Å²) in [6.45, 7) is 2.76. The molecule has 3 heterocycles. The van der Waals surface area contributed by atoms with Crippen molar-refractivity contribution in [3.63, 3.8) is 0 Å². The van der Waals surface area contributed by atoms with Crippen molar-refractivity contribution in [2.45, 2.75) is 12.5 Å². The minimum absolute atomic E-state index is 0.246. The first-order chi connectivity index (χ1) is 12.2. The highest BCUT2D eigenvalue weighted by Crippen LogP contribution is 2.19. The van der Waals surface area contributed by atoms with Gasteiger partial charge in [-0.15, -0.1) is 0 Å². The zero-order valence-corrected chi connectivity index (χ0v) is 14.9. The topological polar surface area (TPSA) is 136 Å². The van der Waals surface area contributed by atoms with E-state index in [2.05, 4.69) is 15.6 Å². The summed E-state index contributed by atoms with van der Waals surface area (Å²) >= 11 is 0. The van der Waals surface area contributed by atoms with Crippen LogP contribution in [0, 0.1) is 11.3 Å². The molecular weight excluding hydrogens is 360 g/mol. The molecule has 3 rings (SSSR count). The Balaban J connectivity index is 1.64. The summed E-state index contributed by atoms with van der Waals surface area (Å²) in [6, 6.07) is 4.69. The van der Waals surface area contributed by atoms with E-state index in [9.17, 15) is 18.0 Å². The molecule has 11 heteroatoms. The molecule has 0 saturated carbocycles. The molecule has 3 amide bonds. The number of sulfonamides is 1. The van der Waals surface area contributed by atoms with Gasteiger partial charge in [0.05, 0.1) is 11.3 Å². The Labute approximate surface area is 150 Å². The maximum absolute atomic E-state index is 12.7. The molecule has 0 unspecified atom stereocenters. The van der Waals surface area contributed by atoms with Crippen molar-refractivity contribution in [3.8, 4) is 6.07 Å². The molecule has 10 nitrogen and oxygen atoms in total. The number of rotatable bonds is 4. The molecule has 1 atom stereocenters. The monoisotopic (exact) mass is 378 g/mol. The summed E-state index contributed by atoms with van der Waals surface area (Å²) in [5.41, 5.74) is -1.01. The number of nitrogens with one attached hydrogen (secondary N) is 2. The highest BCUT2D eigenvalue weighted by molar-refractivity contribution is 7.89. The van der Waals surface area contributed by atoms with Crippen LogP contribution in [-0.4, -0.2) is 67.1 Å². The molecule has 2 fully saturated rings. The summed E-state index contributed by atoms with van der Waals surface area (Å²) in [5.74, 6) is -0.464. The number of amides is 3. The normalized spacial score (nSPS) is 24.1. The molecule has 0 radical (unpaired) electrons. The Kier molecular flexibility index (Phi) is 4.55. The van der Waals surface area contributed by atoms with E-state index in [1.54, 1.807) is 12.1 Å². The molecule has 2 saturated heterocycles. The van der Waals surface area contributed by atoms with Crippen LogP contribution in [-0.2, 0) is 14.8 Å². The molecule has 1 aromatic rings. The van der Waals surface area contributed by atoms with Crippen molar-refractivity contribution in [2.75, 3.05) is 36.8 Å². The fourth-order valence-corrected chi connectivity index (χ4v) is 4.81. The predicted octanol–water partition coefficient (Wildman–Crippen LogP) is -0.997. The van der Waals surface area contributed by atoms with Crippen molar-refractivity contribution in [3.05, 3.63) is 23.9 Å². The number of pyridine rings is 1. The number of anilines is 1. The minimum Gasteiger partial charge on any atom is -0.354 e. The number of aromatic nitrogens is 1. The number of carbonyl (C=O) groups excluding carboxylic acids is 2. The molecule has 0 aromatic carbocycles. The second-order valence-corrected chi connectivity index (χ2v) is 8.37. The molecule has 0 aliphatic carbocycles. The van der Waals surface area contributed by atoms with Gasteiger partial charge >= 0.3 is 6.03 Å². The Morgan fingerprint density at radius 1 is 1.27 bits per heavy atom. The van der Waals surface area contributed by atoms with E-state index in [1.165, 1.54) is 17.4 Å². The van der Waals surface area contributed by atoms with E-state index in [0.29, 0.717) is 24.5 Å². The minimum atomic E-state index is -3.73. The standard InChI is InChI=1S/C15H18N6O4S/c1-15(13(22)18-14(23)19-15)10-26(24,25)21-6-4-20(5-7-21)12-3-2-11(8-16)9-17-12/h2-3,9H,4-7,10H2,1H3,(H2,18,19,22,23)/t15-/m0/s1. The Morgan fingerprint density at radius 3 is 2.46 bits per heavy atom. The molecule has 2 aliphatic rings. The van der Waals surface area contributed by atoms with Crippen LogP contribution in [0.25, 0.3) is 0 Å². The van der Waals surface area contributed by atoms with E-state index in [-0.39, 0.29) is 13.1 Å². The molecular formula is C15H18N6O4S. The second-order valence-electron chi connectivity index (χ2n) is 6.40. The van der Waals surface area contributed by atoms with E-state index >= 15 is 0 Å². The first-order valence-corrected chi connectivity index (χ1v) is 9.57. The van der Waals surface area contributed by atoms with Gasteiger partial charge in [0.1, 0.15) is 17.4 Å². The van der Waals surface area contributed by atoms with Crippen LogP contribution in [0.4, 0.5) is 10.6 Å². The lowest BCUT2D eigenvalue weighted by Crippen LogP contribution is -2.55. The van der Waals surface area contributed by atoms with E-state index in [4.69, 9.17) is 5.26 Å². The van der Waals surface area contributed by atoms with Crippen LogP contribution < -0.4 is 15.5 Å². The first kappa shape index (κ1) is 18.1. The van der Waals surface area contributed by atoms with Gasteiger partial charge < -0.3 is 10.2 Å². The number of nitriles is 1. The van der Waals surface area contributed by atoms with Crippen LogP contribution in [0.1, 0.15) is 12.5 Å². The van der Waals surface area contributed by atoms with E-state index < -0.39 is 33.3 Å².